The minimum absolute atomic E-state index is 0.0574. The molecule has 0 bridgehead atoms. The summed E-state index contributed by atoms with van der Waals surface area (Å²) < 4.78 is 35.9. The largest absolute Gasteiger partial charge is 0.395 e. The van der Waals surface area contributed by atoms with E-state index in [-0.39, 0.29) is 32.4 Å². The van der Waals surface area contributed by atoms with Crippen LogP contribution in [0.15, 0.2) is 12.2 Å². The summed E-state index contributed by atoms with van der Waals surface area (Å²) in [6, 6.07) is -2.70. The van der Waals surface area contributed by atoms with Crippen LogP contribution in [-0.2, 0) is 28.4 Å². The average molecular weight is 698 g/mol. The smallest absolute Gasteiger partial charge is 0.187 e. The molecule has 0 spiro atoms. The van der Waals surface area contributed by atoms with Crippen molar-refractivity contribution in [3.05, 3.63) is 12.2 Å². The maximum Gasteiger partial charge on any atom is 0.187 e. The Morgan fingerprint density at radius 1 is 0.792 bits per heavy atom. The van der Waals surface area contributed by atoms with Crippen molar-refractivity contribution in [1.82, 2.24) is 5.32 Å². The minimum Gasteiger partial charge on any atom is -0.395 e. The lowest BCUT2D eigenvalue weighted by atomic mass is 9.77. The standard InChI is InChI=1S/C29H55N5O14/c30-8-17-21(40)22(41)19(33)28(44-17)47-25-18(11-37)45-29(23(25)42)48-26-20(39)12(1-2-13(38)10-36)7-16(32)24(26)46-27-15(31)4-3-14(43-27)9-34-5-6-35/h3-4,12-29,34-42H,1-2,5-11,30-33H2/t12-,13?,14+,15-,16+,17+,18-,19-,20+,21-,22-,23-,24-,25-,26-,27-,28-,29+/m1/s1. The van der Waals surface area contributed by atoms with Crippen molar-refractivity contribution in [2.45, 2.75) is 123 Å². The van der Waals surface area contributed by atoms with Crippen molar-refractivity contribution in [3.63, 3.8) is 0 Å². The van der Waals surface area contributed by atoms with Crippen molar-refractivity contribution >= 4 is 0 Å². The molecule has 1 unspecified atom stereocenters. The van der Waals surface area contributed by atoms with Gasteiger partial charge in [0.05, 0.1) is 50.2 Å². The van der Waals surface area contributed by atoms with Gasteiger partial charge in [-0.2, -0.15) is 0 Å². The first-order chi connectivity index (χ1) is 22.9. The van der Waals surface area contributed by atoms with E-state index in [2.05, 4.69) is 5.32 Å². The molecule has 18 atom stereocenters. The molecule has 4 aliphatic rings. The molecule has 17 N–H and O–H groups in total. The summed E-state index contributed by atoms with van der Waals surface area (Å²) in [7, 11) is 0. The zero-order chi connectivity index (χ0) is 35.1. The molecule has 48 heavy (non-hydrogen) atoms. The van der Waals surface area contributed by atoms with Gasteiger partial charge < -0.3 is 97.5 Å². The topological polar surface area (TPSA) is 333 Å². The highest BCUT2D eigenvalue weighted by Gasteiger charge is 2.53. The molecule has 0 aromatic rings. The van der Waals surface area contributed by atoms with Crippen LogP contribution >= 0.6 is 0 Å². The molecule has 4 rings (SSSR count). The third-order valence-corrected chi connectivity index (χ3v) is 9.35. The van der Waals surface area contributed by atoms with E-state index in [4.69, 9.17) is 56.5 Å². The lowest BCUT2D eigenvalue weighted by Crippen LogP contribution is -2.64. The molecule has 2 saturated heterocycles. The first-order valence-electron chi connectivity index (χ1n) is 16.4. The second-order valence-electron chi connectivity index (χ2n) is 12.9. The number of hydrogen-bond donors (Lipinski definition) is 13. The zero-order valence-electron chi connectivity index (χ0n) is 26.7. The first-order valence-corrected chi connectivity index (χ1v) is 16.4. The molecule has 3 fully saturated rings. The molecule has 0 aromatic heterocycles. The van der Waals surface area contributed by atoms with Gasteiger partial charge in [0.2, 0.25) is 0 Å². The maximum absolute atomic E-state index is 11.6. The highest BCUT2D eigenvalue weighted by molar-refractivity contribution is 5.05. The van der Waals surface area contributed by atoms with Crippen LogP contribution < -0.4 is 28.3 Å². The summed E-state index contributed by atoms with van der Waals surface area (Å²) >= 11 is 0. The van der Waals surface area contributed by atoms with Crippen LogP contribution in [-0.4, -0.2) is 184 Å². The lowest BCUT2D eigenvalue weighted by Gasteiger charge is -2.46. The molecule has 3 heterocycles. The zero-order valence-corrected chi connectivity index (χ0v) is 26.7. The van der Waals surface area contributed by atoms with Gasteiger partial charge in [-0.05, 0) is 25.2 Å². The van der Waals surface area contributed by atoms with Gasteiger partial charge in [-0.15, -0.1) is 0 Å². The highest BCUT2D eigenvalue weighted by atomic mass is 16.8. The fraction of sp³-hybridized carbons (Fsp3) is 0.931. The van der Waals surface area contributed by atoms with Crippen LogP contribution in [0, 0.1) is 5.92 Å². The maximum atomic E-state index is 11.6. The van der Waals surface area contributed by atoms with Gasteiger partial charge in [0, 0.05) is 25.7 Å². The number of hydrogen-bond acceptors (Lipinski definition) is 19. The van der Waals surface area contributed by atoms with Crippen molar-refractivity contribution in [2.24, 2.45) is 28.9 Å². The number of nitrogens with one attached hydrogen (secondary N) is 1. The summed E-state index contributed by atoms with van der Waals surface area (Å²) in [4.78, 5) is 0. The van der Waals surface area contributed by atoms with Gasteiger partial charge >= 0.3 is 0 Å². The number of rotatable bonds is 16. The van der Waals surface area contributed by atoms with Gasteiger partial charge in [0.25, 0.3) is 0 Å². The highest BCUT2D eigenvalue weighted by Crippen LogP contribution is 2.37. The summed E-state index contributed by atoms with van der Waals surface area (Å²) in [5.74, 6) is -0.517. The summed E-state index contributed by atoms with van der Waals surface area (Å²) in [6.07, 6.45) is -12.6. The Kier molecular flexibility index (Phi) is 15.3. The van der Waals surface area contributed by atoms with Gasteiger partial charge in [-0.1, -0.05) is 12.2 Å². The minimum atomic E-state index is -1.59. The molecule has 280 valence electrons. The monoisotopic (exact) mass is 697 g/mol. The van der Waals surface area contributed by atoms with E-state index in [1.54, 1.807) is 12.2 Å². The number of ether oxygens (including phenoxy) is 6. The lowest BCUT2D eigenvalue weighted by molar-refractivity contribution is -0.286. The quantitative estimate of drug-likeness (QED) is 0.0526. The number of nitrogens with two attached hydrogens (primary N) is 4. The van der Waals surface area contributed by atoms with Crippen molar-refractivity contribution in [2.75, 3.05) is 39.5 Å². The van der Waals surface area contributed by atoms with Crippen LogP contribution in [0.3, 0.4) is 0 Å². The Balaban J connectivity index is 1.52. The van der Waals surface area contributed by atoms with Crippen molar-refractivity contribution in [1.29, 1.82) is 0 Å². The Bertz CT molecular complexity index is 991. The fourth-order valence-electron chi connectivity index (χ4n) is 6.53. The second kappa shape index (κ2) is 18.5. The van der Waals surface area contributed by atoms with Crippen LogP contribution in [0.4, 0.5) is 0 Å². The molecule has 0 amide bonds. The summed E-state index contributed by atoms with van der Waals surface area (Å²) in [5.41, 5.74) is 24.6. The molecular weight excluding hydrogens is 642 g/mol. The number of aliphatic hydroxyl groups is 8. The number of aliphatic hydroxyl groups excluding tert-OH is 8. The van der Waals surface area contributed by atoms with Crippen molar-refractivity contribution in [3.8, 4) is 0 Å². The third kappa shape index (κ3) is 9.44. The molecule has 0 aromatic carbocycles. The Hall–Kier alpha value is -1.02. The molecule has 0 radical (unpaired) electrons. The third-order valence-electron chi connectivity index (χ3n) is 9.35. The van der Waals surface area contributed by atoms with Gasteiger partial charge in [0.1, 0.15) is 48.8 Å². The van der Waals surface area contributed by atoms with E-state index >= 15 is 0 Å². The molecule has 19 heteroatoms. The Morgan fingerprint density at radius 2 is 1.48 bits per heavy atom. The van der Waals surface area contributed by atoms with Crippen LogP contribution in [0.25, 0.3) is 0 Å². The molecule has 3 aliphatic heterocycles. The normalized spacial score (nSPS) is 45.8. The van der Waals surface area contributed by atoms with Gasteiger partial charge in [-0.25, -0.2) is 0 Å². The summed E-state index contributed by atoms with van der Waals surface area (Å²) in [6.45, 7) is -0.594. The van der Waals surface area contributed by atoms with E-state index in [1.807, 2.05) is 0 Å². The predicted octanol–water partition coefficient (Wildman–Crippen LogP) is -7.02. The van der Waals surface area contributed by atoms with E-state index in [0.29, 0.717) is 13.1 Å². The summed E-state index contributed by atoms with van der Waals surface area (Å²) in [5, 5.41) is 85.0. The SMILES string of the molecule is NC[C@@H]1O[C@H](O[C@H]2[C@@H](O)[C@H](O[C@@H]3[C@@H](O)[C@H](CCC(O)CO)C[C@H](N)[C@H]3O[C@H]3O[C@H](CNCCO)C=C[C@H]3N)O[C@@H]2CO)[C@H](N)[C@@H](O)[C@@H]1O. The molecule has 1 aliphatic carbocycles. The molecule has 19 nitrogen and oxygen atoms in total. The van der Waals surface area contributed by atoms with Crippen LogP contribution in [0.5, 0.6) is 0 Å². The second-order valence-corrected chi connectivity index (χ2v) is 12.9. The first kappa shape index (κ1) is 39.8. The molecular formula is C29H55N5O14. The van der Waals surface area contributed by atoms with E-state index in [1.165, 1.54) is 0 Å². The van der Waals surface area contributed by atoms with Crippen LogP contribution in [0.1, 0.15) is 19.3 Å². The van der Waals surface area contributed by atoms with Gasteiger partial charge in [-0.3, -0.25) is 0 Å². The fourth-order valence-corrected chi connectivity index (χ4v) is 6.53. The predicted molar refractivity (Wildman–Crippen MR) is 164 cm³/mol. The molecule has 1 saturated carbocycles. The van der Waals surface area contributed by atoms with E-state index in [0.717, 1.165) is 0 Å². The Labute approximate surface area is 278 Å². The van der Waals surface area contributed by atoms with Gasteiger partial charge in [0.15, 0.2) is 18.9 Å². The van der Waals surface area contributed by atoms with E-state index < -0.39 is 123 Å². The van der Waals surface area contributed by atoms with Crippen LogP contribution in [0.2, 0.25) is 0 Å². The van der Waals surface area contributed by atoms with Crippen molar-refractivity contribution < 1.29 is 69.3 Å². The Morgan fingerprint density at radius 3 is 2.15 bits per heavy atom. The average Bonchev–Trinajstić information content (AvgIpc) is 3.37. The van der Waals surface area contributed by atoms with E-state index in [9.17, 15) is 35.7 Å².